The molecule has 0 bridgehead atoms. The van der Waals surface area contributed by atoms with Gasteiger partial charge in [-0.25, -0.2) is 8.42 Å². The lowest BCUT2D eigenvalue weighted by Gasteiger charge is -2.41. The molecule has 0 aromatic heterocycles. The number of nitrogens with two attached hydrogens (primary N) is 1. The maximum atomic E-state index is 12.5. The number of hydrogen-bond donors (Lipinski definition) is 1. The van der Waals surface area contributed by atoms with E-state index in [9.17, 15) is 18.0 Å². The van der Waals surface area contributed by atoms with E-state index in [0.717, 1.165) is 0 Å². The molecule has 0 saturated carbocycles. The van der Waals surface area contributed by atoms with Crippen LogP contribution < -0.4 is 5.73 Å². The zero-order valence-electron chi connectivity index (χ0n) is 15.3. The van der Waals surface area contributed by atoms with E-state index in [1.165, 1.54) is 4.90 Å². The first-order valence-electron chi connectivity index (χ1n) is 8.83. The Bertz CT molecular complexity index is 734. The summed E-state index contributed by atoms with van der Waals surface area (Å²) in [5, 5.41) is 0. The number of rotatable bonds is 7. The van der Waals surface area contributed by atoms with E-state index in [4.69, 9.17) is 5.73 Å². The van der Waals surface area contributed by atoms with Gasteiger partial charge in [-0.1, -0.05) is 18.2 Å². The van der Waals surface area contributed by atoms with Crippen LogP contribution in [0.1, 0.15) is 26.7 Å². The minimum absolute atomic E-state index is 0.0809. The van der Waals surface area contributed by atoms with Crippen molar-refractivity contribution in [3.63, 3.8) is 0 Å². The van der Waals surface area contributed by atoms with Gasteiger partial charge < -0.3 is 10.6 Å². The van der Waals surface area contributed by atoms with Crippen molar-refractivity contribution in [2.45, 2.75) is 43.7 Å². The first-order chi connectivity index (χ1) is 12.2. The smallest absolute Gasteiger partial charge is 0.241 e. The summed E-state index contributed by atoms with van der Waals surface area (Å²) in [6, 6.07) is 7.79. The number of carbonyl (C=O) groups excluding carboxylic acids is 2. The van der Waals surface area contributed by atoms with Crippen LogP contribution in [0.2, 0.25) is 0 Å². The minimum Gasteiger partial charge on any atom is -0.368 e. The molecule has 7 nitrogen and oxygen atoms in total. The van der Waals surface area contributed by atoms with Crippen molar-refractivity contribution >= 4 is 21.7 Å². The molecule has 1 fully saturated rings. The van der Waals surface area contributed by atoms with Gasteiger partial charge in [-0.3, -0.25) is 14.5 Å². The summed E-state index contributed by atoms with van der Waals surface area (Å²) in [5.41, 5.74) is 5.48. The molecule has 8 heteroatoms. The molecular weight excluding hydrogens is 354 g/mol. The van der Waals surface area contributed by atoms with Gasteiger partial charge in [0.05, 0.1) is 10.6 Å². The molecule has 26 heavy (non-hydrogen) atoms. The average Bonchev–Trinajstić information content (AvgIpc) is 2.61. The molecule has 144 valence electrons. The Hall–Kier alpha value is -1.93. The number of nitrogens with zero attached hydrogens (tertiary/aromatic N) is 2. The number of hydrogen-bond acceptors (Lipinski definition) is 5. The normalized spacial score (nSPS) is 18.9. The van der Waals surface area contributed by atoms with Crippen molar-refractivity contribution < 1.29 is 18.0 Å². The summed E-state index contributed by atoms with van der Waals surface area (Å²) < 4.78 is 24.5. The van der Waals surface area contributed by atoms with Crippen molar-refractivity contribution in [2.75, 3.05) is 25.4 Å². The Morgan fingerprint density at radius 3 is 2.42 bits per heavy atom. The molecule has 2 N–H and O–H groups in total. The fourth-order valence-electron chi connectivity index (χ4n) is 3.12. The molecule has 1 aliphatic heterocycles. The highest BCUT2D eigenvalue weighted by Crippen LogP contribution is 2.16. The second kappa shape index (κ2) is 8.64. The summed E-state index contributed by atoms with van der Waals surface area (Å²) >= 11 is 0. The van der Waals surface area contributed by atoms with E-state index < -0.39 is 21.8 Å². The van der Waals surface area contributed by atoms with Crippen LogP contribution in [-0.2, 0) is 19.4 Å². The van der Waals surface area contributed by atoms with E-state index in [2.05, 4.69) is 4.90 Å². The van der Waals surface area contributed by atoms with Gasteiger partial charge in [-0.2, -0.15) is 0 Å². The van der Waals surface area contributed by atoms with E-state index in [0.29, 0.717) is 19.6 Å². The van der Waals surface area contributed by atoms with Gasteiger partial charge in [0.2, 0.25) is 11.8 Å². The minimum atomic E-state index is -3.41. The van der Waals surface area contributed by atoms with Crippen LogP contribution >= 0.6 is 0 Å². The maximum absolute atomic E-state index is 12.5. The zero-order valence-corrected chi connectivity index (χ0v) is 16.1. The average molecular weight is 381 g/mol. The Labute approximate surface area is 155 Å². The van der Waals surface area contributed by atoms with Crippen LogP contribution in [0, 0.1) is 0 Å². The third-order valence-electron chi connectivity index (χ3n) is 4.70. The van der Waals surface area contributed by atoms with Gasteiger partial charge in [0.1, 0.15) is 6.04 Å². The van der Waals surface area contributed by atoms with Crippen LogP contribution in [0.5, 0.6) is 0 Å². The fourth-order valence-corrected chi connectivity index (χ4v) is 4.45. The predicted octanol–water partition coefficient (Wildman–Crippen LogP) is 0.647. The molecule has 2 amide bonds. The third kappa shape index (κ3) is 5.04. The summed E-state index contributed by atoms with van der Waals surface area (Å²) in [5.74, 6) is -0.850. The molecule has 0 spiro atoms. The van der Waals surface area contributed by atoms with Crippen LogP contribution in [0.3, 0.4) is 0 Å². The van der Waals surface area contributed by atoms with Crippen LogP contribution in [0.15, 0.2) is 35.2 Å². The topological polar surface area (TPSA) is 101 Å². The molecule has 0 radical (unpaired) electrons. The zero-order chi connectivity index (χ0) is 19.3. The highest BCUT2D eigenvalue weighted by Gasteiger charge is 2.34. The number of amides is 2. The summed E-state index contributed by atoms with van der Waals surface area (Å²) in [6.07, 6.45) is 0.295. The van der Waals surface area contributed by atoms with Crippen LogP contribution in [-0.4, -0.2) is 67.5 Å². The van der Waals surface area contributed by atoms with Gasteiger partial charge in [-0.05, 0) is 32.4 Å². The lowest BCUT2D eigenvalue weighted by Crippen LogP contribution is -2.61. The van der Waals surface area contributed by atoms with E-state index >= 15 is 0 Å². The number of primary amides is 1. The monoisotopic (exact) mass is 381 g/mol. The molecule has 2 rings (SSSR count). The maximum Gasteiger partial charge on any atom is 0.241 e. The third-order valence-corrected chi connectivity index (χ3v) is 6.51. The number of benzene rings is 1. The van der Waals surface area contributed by atoms with Gasteiger partial charge >= 0.3 is 0 Å². The van der Waals surface area contributed by atoms with Crippen molar-refractivity contribution in [2.24, 2.45) is 5.73 Å². The Kier molecular flexibility index (Phi) is 6.77. The van der Waals surface area contributed by atoms with Crippen molar-refractivity contribution in [3.05, 3.63) is 30.3 Å². The molecule has 1 heterocycles. The van der Waals surface area contributed by atoms with Crippen LogP contribution in [0.4, 0.5) is 0 Å². The van der Waals surface area contributed by atoms with Crippen molar-refractivity contribution in [1.29, 1.82) is 0 Å². The standard InChI is InChI=1S/C18H27N3O4S/c1-14(2)20-10-11-21(16(13-20)18(19)23)17(22)9-6-12-26(24,25)15-7-4-3-5-8-15/h3-5,7-8,14,16H,6,9-13H2,1-2H3,(H2,19,23). The lowest BCUT2D eigenvalue weighted by molar-refractivity contribution is -0.143. The highest BCUT2D eigenvalue weighted by atomic mass is 32.2. The summed E-state index contributed by atoms with van der Waals surface area (Å²) in [4.78, 5) is 28.1. The number of carbonyl (C=O) groups is 2. The Morgan fingerprint density at radius 1 is 1.19 bits per heavy atom. The molecule has 1 aliphatic rings. The Balaban J connectivity index is 1.93. The van der Waals surface area contributed by atoms with Crippen molar-refractivity contribution in [1.82, 2.24) is 9.80 Å². The van der Waals surface area contributed by atoms with Gasteiger partial charge in [-0.15, -0.1) is 0 Å². The molecule has 1 atom stereocenters. The molecule has 1 aromatic carbocycles. The van der Waals surface area contributed by atoms with E-state index in [-0.39, 0.29) is 35.4 Å². The van der Waals surface area contributed by atoms with Gasteiger partial charge in [0, 0.05) is 32.1 Å². The number of sulfone groups is 1. The molecule has 1 saturated heterocycles. The molecule has 0 aliphatic carbocycles. The predicted molar refractivity (Wildman–Crippen MR) is 99.1 cm³/mol. The summed E-state index contributed by atoms with van der Waals surface area (Å²) in [7, 11) is -3.41. The van der Waals surface area contributed by atoms with Crippen LogP contribution in [0.25, 0.3) is 0 Å². The highest BCUT2D eigenvalue weighted by molar-refractivity contribution is 7.91. The van der Waals surface area contributed by atoms with Gasteiger partial charge in [0.15, 0.2) is 9.84 Å². The lowest BCUT2D eigenvalue weighted by atomic mass is 10.1. The second-order valence-electron chi connectivity index (χ2n) is 6.83. The van der Waals surface area contributed by atoms with E-state index in [1.54, 1.807) is 30.3 Å². The first kappa shape index (κ1) is 20.4. The first-order valence-corrected chi connectivity index (χ1v) is 10.5. The van der Waals surface area contributed by atoms with Gasteiger partial charge in [0.25, 0.3) is 0 Å². The summed E-state index contributed by atoms with van der Waals surface area (Å²) in [6.45, 7) is 5.58. The number of piperazine rings is 1. The van der Waals surface area contributed by atoms with Crippen molar-refractivity contribution in [3.8, 4) is 0 Å². The molecular formula is C18H27N3O4S. The second-order valence-corrected chi connectivity index (χ2v) is 8.94. The van der Waals surface area contributed by atoms with E-state index in [1.807, 2.05) is 13.8 Å². The quantitative estimate of drug-likeness (QED) is 0.747. The molecule has 1 aromatic rings. The molecule has 1 unspecified atom stereocenters. The fraction of sp³-hybridized carbons (Fsp3) is 0.556. The Morgan fingerprint density at radius 2 is 1.85 bits per heavy atom. The SMILES string of the molecule is CC(C)N1CCN(C(=O)CCCS(=O)(=O)c2ccccc2)C(C(N)=O)C1. The largest absolute Gasteiger partial charge is 0.368 e.